The molecule has 2 heterocycles. The Morgan fingerprint density at radius 3 is 2.56 bits per heavy atom. The van der Waals surface area contributed by atoms with Gasteiger partial charge in [0, 0.05) is 32.7 Å². The van der Waals surface area contributed by atoms with Gasteiger partial charge in [0.15, 0.2) is 11.5 Å². The van der Waals surface area contributed by atoms with Gasteiger partial charge in [-0.2, -0.15) is 0 Å². The molecule has 5 nitrogen and oxygen atoms in total. The van der Waals surface area contributed by atoms with Crippen LogP contribution in [0.2, 0.25) is 0 Å². The molecule has 0 spiro atoms. The van der Waals surface area contributed by atoms with Gasteiger partial charge in [0.2, 0.25) is 6.79 Å². The van der Waals surface area contributed by atoms with E-state index < -0.39 is 0 Å². The van der Waals surface area contributed by atoms with Crippen LogP contribution in [0.5, 0.6) is 17.2 Å². The Bertz CT molecular complexity index is 770. The molecule has 0 N–H and O–H groups in total. The summed E-state index contributed by atoms with van der Waals surface area (Å²) in [4.78, 5) is 4.97. The first-order valence-corrected chi connectivity index (χ1v) is 9.80. The largest absolute Gasteiger partial charge is 0.489 e. The standard InChI is InChI=1S/C22H28N2O3/c1-17(2)27-20-6-4-3-5-19(20)24-13-11-23(12-14-24)10-9-18-7-8-21-22(15-18)26-16-25-21/h3-8,15,17H,9-14,16H2,1-2H3. The molecular formula is C22H28N2O3. The average molecular weight is 368 g/mol. The number of hydrogen-bond acceptors (Lipinski definition) is 5. The van der Waals surface area contributed by atoms with Crippen molar-refractivity contribution in [2.45, 2.75) is 26.4 Å². The highest BCUT2D eigenvalue weighted by Crippen LogP contribution is 2.33. The third-order valence-electron chi connectivity index (χ3n) is 5.09. The van der Waals surface area contributed by atoms with E-state index in [1.807, 2.05) is 12.1 Å². The first-order chi connectivity index (χ1) is 13.2. The summed E-state index contributed by atoms with van der Waals surface area (Å²) in [7, 11) is 0. The fourth-order valence-corrected chi connectivity index (χ4v) is 3.67. The smallest absolute Gasteiger partial charge is 0.231 e. The van der Waals surface area contributed by atoms with Gasteiger partial charge >= 0.3 is 0 Å². The number of hydrogen-bond donors (Lipinski definition) is 0. The molecule has 0 radical (unpaired) electrons. The lowest BCUT2D eigenvalue weighted by Crippen LogP contribution is -2.47. The lowest BCUT2D eigenvalue weighted by atomic mass is 10.1. The lowest BCUT2D eigenvalue weighted by molar-refractivity contribution is 0.174. The fraction of sp³-hybridized carbons (Fsp3) is 0.455. The van der Waals surface area contributed by atoms with Gasteiger partial charge in [-0.05, 0) is 50.1 Å². The minimum atomic E-state index is 0.189. The molecule has 1 saturated heterocycles. The van der Waals surface area contributed by atoms with Crippen molar-refractivity contribution < 1.29 is 14.2 Å². The molecule has 27 heavy (non-hydrogen) atoms. The van der Waals surface area contributed by atoms with Crippen molar-refractivity contribution in [3.63, 3.8) is 0 Å². The van der Waals surface area contributed by atoms with Crippen LogP contribution in [0.3, 0.4) is 0 Å². The minimum absolute atomic E-state index is 0.189. The number of benzene rings is 2. The van der Waals surface area contributed by atoms with Gasteiger partial charge in [0.1, 0.15) is 5.75 Å². The van der Waals surface area contributed by atoms with Gasteiger partial charge in [-0.1, -0.05) is 18.2 Å². The van der Waals surface area contributed by atoms with E-state index in [1.54, 1.807) is 0 Å². The molecule has 4 rings (SSSR count). The number of ether oxygens (including phenoxy) is 3. The molecule has 0 aromatic heterocycles. The average Bonchev–Trinajstić information content (AvgIpc) is 3.15. The molecule has 0 bridgehead atoms. The normalized spacial score (nSPS) is 16.8. The summed E-state index contributed by atoms with van der Waals surface area (Å²) in [5.41, 5.74) is 2.51. The molecule has 5 heteroatoms. The molecule has 0 atom stereocenters. The van der Waals surface area contributed by atoms with Crippen molar-refractivity contribution in [3.05, 3.63) is 48.0 Å². The monoisotopic (exact) mass is 368 g/mol. The molecular weight excluding hydrogens is 340 g/mol. The Kier molecular flexibility index (Phi) is 5.39. The zero-order chi connectivity index (χ0) is 18.6. The van der Waals surface area contributed by atoms with Crippen LogP contribution >= 0.6 is 0 Å². The molecule has 0 unspecified atom stereocenters. The van der Waals surface area contributed by atoms with Crippen LogP contribution in [0.25, 0.3) is 0 Å². The van der Waals surface area contributed by atoms with E-state index in [1.165, 1.54) is 11.3 Å². The second-order valence-corrected chi connectivity index (χ2v) is 7.40. The summed E-state index contributed by atoms with van der Waals surface area (Å²) in [6.45, 7) is 9.75. The Morgan fingerprint density at radius 1 is 0.963 bits per heavy atom. The number of anilines is 1. The molecule has 0 aliphatic carbocycles. The van der Waals surface area contributed by atoms with Crippen LogP contribution < -0.4 is 19.1 Å². The Labute approximate surface area is 161 Å². The van der Waals surface area contributed by atoms with Crippen molar-refractivity contribution >= 4 is 5.69 Å². The summed E-state index contributed by atoms with van der Waals surface area (Å²) in [6.07, 6.45) is 1.22. The Hall–Kier alpha value is -2.40. The highest BCUT2D eigenvalue weighted by atomic mass is 16.7. The third kappa shape index (κ3) is 4.30. The van der Waals surface area contributed by atoms with Gasteiger partial charge in [-0.3, -0.25) is 4.90 Å². The fourth-order valence-electron chi connectivity index (χ4n) is 3.67. The maximum absolute atomic E-state index is 5.99. The van der Waals surface area contributed by atoms with Crippen molar-refractivity contribution in [2.24, 2.45) is 0 Å². The Balaban J connectivity index is 1.30. The van der Waals surface area contributed by atoms with Crippen LogP contribution in [0.4, 0.5) is 5.69 Å². The highest BCUT2D eigenvalue weighted by molar-refractivity contribution is 5.58. The first kappa shape index (κ1) is 18.0. The van der Waals surface area contributed by atoms with E-state index in [9.17, 15) is 0 Å². The second kappa shape index (κ2) is 8.09. The maximum Gasteiger partial charge on any atom is 0.231 e. The first-order valence-electron chi connectivity index (χ1n) is 9.80. The third-order valence-corrected chi connectivity index (χ3v) is 5.09. The molecule has 2 aromatic carbocycles. The SMILES string of the molecule is CC(C)Oc1ccccc1N1CCN(CCc2ccc3c(c2)OCO3)CC1. The van der Waals surface area contributed by atoms with Gasteiger partial charge in [0.05, 0.1) is 11.8 Å². The van der Waals surface area contributed by atoms with Crippen LogP contribution in [-0.4, -0.2) is 50.5 Å². The van der Waals surface area contributed by atoms with E-state index in [4.69, 9.17) is 14.2 Å². The molecule has 2 aliphatic rings. The van der Waals surface area contributed by atoms with Crippen molar-refractivity contribution in [1.82, 2.24) is 4.90 Å². The number of fused-ring (bicyclic) bond motifs is 1. The van der Waals surface area contributed by atoms with E-state index in [-0.39, 0.29) is 6.10 Å². The zero-order valence-electron chi connectivity index (χ0n) is 16.2. The summed E-state index contributed by atoms with van der Waals surface area (Å²) in [6, 6.07) is 14.6. The van der Waals surface area contributed by atoms with Gasteiger partial charge in [-0.15, -0.1) is 0 Å². The van der Waals surface area contributed by atoms with Gasteiger partial charge in [-0.25, -0.2) is 0 Å². The van der Waals surface area contributed by atoms with E-state index in [2.05, 4.69) is 54.0 Å². The molecule has 2 aromatic rings. The van der Waals surface area contributed by atoms with Crippen molar-refractivity contribution in [2.75, 3.05) is 44.4 Å². The summed E-state index contributed by atoms with van der Waals surface area (Å²) < 4.78 is 16.9. The van der Waals surface area contributed by atoms with Crippen LogP contribution in [0, 0.1) is 0 Å². The number of rotatable bonds is 6. The second-order valence-electron chi connectivity index (χ2n) is 7.40. The molecule has 0 saturated carbocycles. The molecule has 144 valence electrons. The summed E-state index contributed by atoms with van der Waals surface area (Å²) in [5, 5.41) is 0. The van der Waals surface area contributed by atoms with Crippen LogP contribution in [-0.2, 0) is 6.42 Å². The van der Waals surface area contributed by atoms with E-state index >= 15 is 0 Å². The minimum Gasteiger partial charge on any atom is -0.489 e. The number of para-hydroxylation sites is 2. The quantitative estimate of drug-likeness (QED) is 0.779. The maximum atomic E-state index is 5.99. The predicted molar refractivity (Wildman–Crippen MR) is 107 cm³/mol. The van der Waals surface area contributed by atoms with Gasteiger partial charge < -0.3 is 19.1 Å². The molecule has 2 aliphatic heterocycles. The lowest BCUT2D eigenvalue weighted by Gasteiger charge is -2.37. The van der Waals surface area contributed by atoms with Crippen LogP contribution in [0.1, 0.15) is 19.4 Å². The van der Waals surface area contributed by atoms with Crippen molar-refractivity contribution in [1.29, 1.82) is 0 Å². The highest BCUT2D eigenvalue weighted by Gasteiger charge is 2.20. The van der Waals surface area contributed by atoms with E-state index in [0.717, 1.165) is 56.4 Å². The predicted octanol–water partition coefficient (Wildman–Crippen LogP) is 3.57. The van der Waals surface area contributed by atoms with Crippen LogP contribution in [0.15, 0.2) is 42.5 Å². The summed E-state index contributed by atoms with van der Waals surface area (Å²) in [5.74, 6) is 2.72. The topological polar surface area (TPSA) is 34.2 Å². The summed E-state index contributed by atoms with van der Waals surface area (Å²) >= 11 is 0. The molecule has 1 fully saturated rings. The number of nitrogens with zero attached hydrogens (tertiary/aromatic N) is 2. The van der Waals surface area contributed by atoms with E-state index in [0.29, 0.717) is 6.79 Å². The van der Waals surface area contributed by atoms with Gasteiger partial charge in [0.25, 0.3) is 0 Å². The molecule has 0 amide bonds. The number of piperazine rings is 1. The van der Waals surface area contributed by atoms with Crippen molar-refractivity contribution in [3.8, 4) is 17.2 Å². The Morgan fingerprint density at radius 2 is 1.74 bits per heavy atom. The zero-order valence-corrected chi connectivity index (χ0v) is 16.2.